The molecule has 0 N–H and O–H groups in total. The van der Waals surface area contributed by atoms with Gasteiger partial charge in [-0.05, 0) is 51.7 Å². The van der Waals surface area contributed by atoms with Crippen LogP contribution in [0.15, 0.2) is 12.1 Å². The summed E-state index contributed by atoms with van der Waals surface area (Å²) < 4.78 is 5.39. The van der Waals surface area contributed by atoms with E-state index in [4.69, 9.17) is 10.00 Å². The molecule has 1 aliphatic rings. The van der Waals surface area contributed by atoms with Crippen LogP contribution in [0, 0.1) is 24.2 Å². The minimum Gasteiger partial charge on any atom is -0.444 e. The second-order valence-electron chi connectivity index (χ2n) is 7.41. The number of nitrogens with zero attached hydrogens (tertiary/aromatic N) is 4. The van der Waals surface area contributed by atoms with Gasteiger partial charge >= 0.3 is 6.09 Å². The molecule has 1 fully saturated rings. The smallest absolute Gasteiger partial charge is 0.410 e. The number of hydrogen-bond acceptors (Lipinski definition) is 5. The summed E-state index contributed by atoms with van der Waals surface area (Å²) in [6.45, 7) is 9.85. The van der Waals surface area contributed by atoms with Gasteiger partial charge in [0.1, 0.15) is 23.2 Å². The molecule has 1 aromatic heterocycles. The van der Waals surface area contributed by atoms with E-state index >= 15 is 0 Å². The molecule has 1 unspecified atom stereocenters. The van der Waals surface area contributed by atoms with Crippen LogP contribution in [0.1, 0.15) is 38.4 Å². The highest BCUT2D eigenvalue weighted by molar-refractivity contribution is 5.67. The van der Waals surface area contributed by atoms with Crippen molar-refractivity contribution in [3.63, 3.8) is 0 Å². The third-order valence-electron chi connectivity index (χ3n) is 4.04. The fraction of sp³-hybridized carbons (Fsp3) is 0.611. The molecule has 24 heavy (non-hydrogen) atoms. The molecule has 1 aromatic rings. The Kier molecular flexibility index (Phi) is 5.33. The lowest BCUT2D eigenvalue weighted by Gasteiger charge is -2.26. The monoisotopic (exact) mass is 330 g/mol. The molecular formula is C18H26N4O2. The van der Waals surface area contributed by atoms with Crippen LogP contribution in [0.4, 0.5) is 10.6 Å². The van der Waals surface area contributed by atoms with E-state index in [9.17, 15) is 4.79 Å². The van der Waals surface area contributed by atoms with Crippen molar-refractivity contribution in [2.45, 2.75) is 39.7 Å². The fourth-order valence-electron chi connectivity index (χ4n) is 2.80. The summed E-state index contributed by atoms with van der Waals surface area (Å²) in [6, 6.07) is 6.02. The van der Waals surface area contributed by atoms with Gasteiger partial charge in [-0.25, -0.2) is 9.78 Å². The number of rotatable bonds is 3. The standard InChI is InChI=1S/C18H26N4O2/c1-13-6-7-16(20-15(13)10-19)22-9-8-14(12-22)11-21(5)17(23)24-18(2,3)4/h6-7,14H,8-9,11-12H2,1-5H3. The maximum atomic E-state index is 12.1. The molecule has 0 aliphatic carbocycles. The second kappa shape index (κ2) is 7.08. The number of carbonyl (C=O) groups excluding carboxylic acids is 1. The van der Waals surface area contributed by atoms with Crippen LogP contribution < -0.4 is 4.90 Å². The Morgan fingerprint density at radius 2 is 2.21 bits per heavy atom. The van der Waals surface area contributed by atoms with E-state index < -0.39 is 5.60 Å². The van der Waals surface area contributed by atoms with Crippen LogP contribution in [-0.2, 0) is 4.74 Å². The third kappa shape index (κ3) is 4.60. The van der Waals surface area contributed by atoms with Gasteiger partial charge in [-0.2, -0.15) is 5.26 Å². The summed E-state index contributed by atoms with van der Waals surface area (Å²) >= 11 is 0. The quantitative estimate of drug-likeness (QED) is 0.852. The molecule has 0 radical (unpaired) electrons. The Bertz CT molecular complexity index is 645. The van der Waals surface area contributed by atoms with Crippen molar-refractivity contribution in [2.24, 2.45) is 5.92 Å². The van der Waals surface area contributed by atoms with Gasteiger partial charge in [-0.15, -0.1) is 0 Å². The van der Waals surface area contributed by atoms with Gasteiger partial charge in [-0.3, -0.25) is 0 Å². The van der Waals surface area contributed by atoms with Crippen LogP contribution in [0.2, 0.25) is 0 Å². The molecule has 1 aliphatic heterocycles. The normalized spacial score (nSPS) is 17.5. The fourth-order valence-corrected chi connectivity index (χ4v) is 2.80. The lowest BCUT2D eigenvalue weighted by molar-refractivity contribution is 0.0277. The van der Waals surface area contributed by atoms with E-state index in [1.165, 1.54) is 0 Å². The molecule has 6 heteroatoms. The molecule has 0 aromatic carbocycles. The Balaban J connectivity index is 1.94. The van der Waals surface area contributed by atoms with Gasteiger partial charge in [0.25, 0.3) is 0 Å². The first-order chi connectivity index (χ1) is 11.2. The van der Waals surface area contributed by atoms with Gasteiger partial charge in [0.15, 0.2) is 0 Å². The van der Waals surface area contributed by atoms with Crippen LogP contribution >= 0.6 is 0 Å². The number of nitriles is 1. The summed E-state index contributed by atoms with van der Waals surface area (Å²) in [5.41, 5.74) is 0.885. The molecule has 6 nitrogen and oxygen atoms in total. The van der Waals surface area contributed by atoms with Gasteiger partial charge in [0, 0.05) is 26.7 Å². The van der Waals surface area contributed by atoms with Crippen molar-refractivity contribution in [1.82, 2.24) is 9.88 Å². The van der Waals surface area contributed by atoms with Gasteiger partial charge < -0.3 is 14.5 Å². The highest BCUT2D eigenvalue weighted by Gasteiger charge is 2.27. The predicted molar refractivity (Wildman–Crippen MR) is 92.9 cm³/mol. The molecule has 1 saturated heterocycles. The van der Waals surface area contributed by atoms with Crippen molar-refractivity contribution in [1.29, 1.82) is 5.26 Å². The van der Waals surface area contributed by atoms with Crippen LogP contribution in [0.3, 0.4) is 0 Å². The number of aromatic nitrogens is 1. The first kappa shape index (κ1) is 18.1. The van der Waals surface area contributed by atoms with Crippen LogP contribution in [-0.4, -0.2) is 48.3 Å². The van der Waals surface area contributed by atoms with E-state index in [0.717, 1.165) is 30.9 Å². The third-order valence-corrected chi connectivity index (χ3v) is 4.04. The van der Waals surface area contributed by atoms with Gasteiger partial charge in [0.05, 0.1) is 0 Å². The number of carbonyl (C=O) groups is 1. The molecule has 0 spiro atoms. The Morgan fingerprint density at radius 1 is 1.50 bits per heavy atom. The van der Waals surface area contributed by atoms with E-state index in [0.29, 0.717) is 18.2 Å². The SMILES string of the molecule is Cc1ccc(N2CCC(CN(C)C(=O)OC(C)(C)C)C2)nc1C#N. The average Bonchev–Trinajstić information content (AvgIpc) is 2.94. The first-order valence-corrected chi connectivity index (χ1v) is 8.26. The number of aryl methyl sites for hydroxylation is 1. The molecule has 1 amide bonds. The number of anilines is 1. The molecule has 130 valence electrons. The van der Waals surface area contributed by atoms with E-state index in [2.05, 4.69) is 16.0 Å². The van der Waals surface area contributed by atoms with E-state index in [1.807, 2.05) is 39.8 Å². The summed E-state index contributed by atoms with van der Waals surface area (Å²) in [7, 11) is 1.77. The molecule has 2 heterocycles. The highest BCUT2D eigenvalue weighted by atomic mass is 16.6. The topological polar surface area (TPSA) is 69.5 Å². The minimum absolute atomic E-state index is 0.291. The van der Waals surface area contributed by atoms with Crippen molar-refractivity contribution in [3.05, 3.63) is 23.4 Å². The Hall–Kier alpha value is -2.29. The number of ether oxygens (including phenoxy) is 1. The van der Waals surface area contributed by atoms with Gasteiger partial charge in [0.2, 0.25) is 0 Å². The zero-order valence-corrected chi connectivity index (χ0v) is 15.2. The largest absolute Gasteiger partial charge is 0.444 e. The lowest BCUT2D eigenvalue weighted by Crippen LogP contribution is -2.37. The van der Waals surface area contributed by atoms with Crippen molar-refractivity contribution >= 4 is 11.9 Å². The minimum atomic E-state index is -0.480. The number of hydrogen-bond donors (Lipinski definition) is 0. The Morgan fingerprint density at radius 3 is 2.83 bits per heavy atom. The molecule has 1 atom stereocenters. The zero-order chi connectivity index (χ0) is 17.9. The van der Waals surface area contributed by atoms with Gasteiger partial charge in [-0.1, -0.05) is 6.07 Å². The van der Waals surface area contributed by atoms with E-state index in [-0.39, 0.29) is 6.09 Å². The van der Waals surface area contributed by atoms with Crippen molar-refractivity contribution in [3.8, 4) is 6.07 Å². The van der Waals surface area contributed by atoms with Crippen molar-refractivity contribution < 1.29 is 9.53 Å². The maximum Gasteiger partial charge on any atom is 0.410 e. The van der Waals surface area contributed by atoms with Crippen LogP contribution in [0.5, 0.6) is 0 Å². The molecule has 0 bridgehead atoms. The number of amides is 1. The predicted octanol–water partition coefficient (Wildman–Crippen LogP) is 2.95. The second-order valence-corrected chi connectivity index (χ2v) is 7.41. The van der Waals surface area contributed by atoms with Crippen molar-refractivity contribution in [2.75, 3.05) is 31.6 Å². The maximum absolute atomic E-state index is 12.1. The Labute approximate surface area is 144 Å². The summed E-state index contributed by atoms with van der Waals surface area (Å²) in [5.74, 6) is 1.20. The lowest BCUT2D eigenvalue weighted by atomic mass is 10.1. The summed E-state index contributed by atoms with van der Waals surface area (Å²) in [5, 5.41) is 9.12. The first-order valence-electron chi connectivity index (χ1n) is 8.26. The highest BCUT2D eigenvalue weighted by Crippen LogP contribution is 2.24. The summed E-state index contributed by atoms with van der Waals surface area (Å²) in [6.07, 6.45) is 0.700. The molecule has 0 saturated carbocycles. The van der Waals surface area contributed by atoms with E-state index in [1.54, 1.807) is 11.9 Å². The molecule has 2 rings (SSSR count). The summed E-state index contributed by atoms with van der Waals surface area (Å²) in [4.78, 5) is 20.3. The number of pyridine rings is 1. The average molecular weight is 330 g/mol. The zero-order valence-electron chi connectivity index (χ0n) is 15.2. The van der Waals surface area contributed by atoms with Crippen LogP contribution in [0.25, 0.3) is 0 Å². The molecular weight excluding hydrogens is 304 g/mol.